The summed E-state index contributed by atoms with van der Waals surface area (Å²) >= 11 is 11.8. The summed E-state index contributed by atoms with van der Waals surface area (Å²) in [6.45, 7) is 1.66. The number of nitrogens with one attached hydrogen (secondary N) is 1. The van der Waals surface area contributed by atoms with Gasteiger partial charge in [0.05, 0.1) is 10.7 Å². The summed E-state index contributed by atoms with van der Waals surface area (Å²) in [5.74, 6) is -0.00524. The van der Waals surface area contributed by atoms with Crippen LogP contribution in [-0.4, -0.2) is 35.4 Å². The number of halogens is 2. The number of hydrogen-bond donors (Lipinski definition) is 2. The largest absolute Gasteiger partial charge is 0.489 e. The molecule has 0 bridgehead atoms. The Morgan fingerprint density at radius 1 is 1.50 bits per heavy atom. The van der Waals surface area contributed by atoms with Crippen LogP contribution in [0.15, 0.2) is 28.8 Å². The highest BCUT2D eigenvalue weighted by atomic mass is 35.5. The Bertz CT molecular complexity index is 660. The van der Waals surface area contributed by atoms with Crippen molar-refractivity contribution in [2.24, 2.45) is 0 Å². The Kier molecular flexibility index (Phi) is 5.65. The van der Waals surface area contributed by atoms with Gasteiger partial charge in [-0.25, -0.2) is 0 Å². The Balaban J connectivity index is 1.79. The Labute approximate surface area is 137 Å². The van der Waals surface area contributed by atoms with Crippen LogP contribution in [-0.2, 0) is 0 Å². The number of aliphatic hydroxyl groups excluding tert-OH is 1. The maximum Gasteiger partial charge on any atom is 0.289 e. The quantitative estimate of drug-likeness (QED) is 0.840. The highest BCUT2D eigenvalue weighted by Gasteiger charge is 2.14. The van der Waals surface area contributed by atoms with Gasteiger partial charge in [0.25, 0.3) is 5.91 Å². The summed E-state index contributed by atoms with van der Waals surface area (Å²) in [7, 11) is 0. The van der Waals surface area contributed by atoms with E-state index in [2.05, 4.69) is 10.5 Å². The molecule has 1 aromatic carbocycles. The van der Waals surface area contributed by atoms with Gasteiger partial charge in [-0.1, -0.05) is 34.4 Å². The molecule has 8 heteroatoms. The van der Waals surface area contributed by atoms with Crippen molar-refractivity contribution in [1.29, 1.82) is 0 Å². The smallest absolute Gasteiger partial charge is 0.289 e. The Hall–Kier alpha value is -1.76. The van der Waals surface area contributed by atoms with Crippen LogP contribution in [0.5, 0.6) is 5.75 Å². The predicted octanol–water partition coefficient (Wildman–Crippen LogP) is 2.46. The second-order valence-corrected chi connectivity index (χ2v) is 5.34. The van der Waals surface area contributed by atoms with E-state index < -0.39 is 12.0 Å². The van der Waals surface area contributed by atoms with E-state index in [0.29, 0.717) is 16.5 Å². The molecule has 0 aliphatic heterocycles. The lowest BCUT2D eigenvalue weighted by Crippen LogP contribution is -2.35. The minimum Gasteiger partial charge on any atom is -0.489 e. The van der Waals surface area contributed by atoms with Gasteiger partial charge in [-0.2, -0.15) is 0 Å². The third-order valence-corrected chi connectivity index (χ3v) is 3.50. The summed E-state index contributed by atoms with van der Waals surface area (Å²) in [5, 5.41) is 16.6. The Morgan fingerprint density at radius 3 is 2.95 bits per heavy atom. The molecule has 1 heterocycles. The van der Waals surface area contributed by atoms with Crippen molar-refractivity contribution in [3.8, 4) is 5.75 Å². The third-order valence-electron chi connectivity index (χ3n) is 2.70. The van der Waals surface area contributed by atoms with Gasteiger partial charge >= 0.3 is 0 Å². The highest BCUT2D eigenvalue weighted by molar-refractivity contribution is 6.42. The fourth-order valence-corrected chi connectivity index (χ4v) is 1.96. The lowest BCUT2D eigenvalue weighted by Gasteiger charge is -2.13. The van der Waals surface area contributed by atoms with Gasteiger partial charge < -0.3 is 19.7 Å². The van der Waals surface area contributed by atoms with Crippen molar-refractivity contribution in [3.63, 3.8) is 0 Å². The van der Waals surface area contributed by atoms with Crippen LogP contribution in [0.4, 0.5) is 0 Å². The minimum atomic E-state index is -0.914. The van der Waals surface area contributed by atoms with E-state index in [0.717, 1.165) is 0 Å². The van der Waals surface area contributed by atoms with Crippen molar-refractivity contribution < 1.29 is 19.2 Å². The van der Waals surface area contributed by atoms with Crippen molar-refractivity contribution in [2.75, 3.05) is 13.2 Å². The monoisotopic (exact) mass is 344 g/mol. The summed E-state index contributed by atoms with van der Waals surface area (Å²) < 4.78 is 10.2. The molecule has 2 N–H and O–H groups in total. The molecule has 0 radical (unpaired) electrons. The summed E-state index contributed by atoms with van der Waals surface area (Å²) in [6.07, 6.45) is -0.914. The Morgan fingerprint density at radius 2 is 2.27 bits per heavy atom. The first kappa shape index (κ1) is 16.6. The summed E-state index contributed by atoms with van der Waals surface area (Å²) in [4.78, 5) is 11.7. The van der Waals surface area contributed by atoms with Gasteiger partial charge in [-0.3, -0.25) is 4.79 Å². The zero-order valence-electron chi connectivity index (χ0n) is 11.7. The number of nitrogens with zero attached hydrogens (tertiary/aromatic N) is 1. The van der Waals surface area contributed by atoms with Crippen LogP contribution in [0.1, 0.15) is 16.2 Å². The first-order valence-electron chi connectivity index (χ1n) is 6.43. The van der Waals surface area contributed by atoms with E-state index in [1.807, 2.05) is 0 Å². The van der Waals surface area contributed by atoms with Gasteiger partial charge in [0, 0.05) is 12.6 Å². The van der Waals surface area contributed by atoms with Crippen LogP contribution < -0.4 is 10.1 Å². The molecule has 0 fully saturated rings. The predicted molar refractivity (Wildman–Crippen MR) is 81.5 cm³/mol. The van der Waals surface area contributed by atoms with E-state index >= 15 is 0 Å². The van der Waals surface area contributed by atoms with Crippen LogP contribution in [0.3, 0.4) is 0 Å². The lowest BCUT2D eigenvalue weighted by molar-refractivity contribution is 0.0815. The molecule has 0 saturated heterocycles. The van der Waals surface area contributed by atoms with Gasteiger partial charge in [-0.05, 0) is 19.1 Å². The minimum absolute atomic E-state index is 0.00321. The molecule has 0 aliphatic carbocycles. The van der Waals surface area contributed by atoms with Crippen LogP contribution in [0.2, 0.25) is 10.0 Å². The van der Waals surface area contributed by atoms with Crippen molar-refractivity contribution in [3.05, 3.63) is 45.8 Å². The van der Waals surface area contributed by atoms with E-state index in [-0.39, 0.29) is 23.9 Å². The van der Waals surface area contributed by atoms with Crippen molar-refractivity contribution >= 4 is 29.1 Å². The summed E-state index contributed by atoms with van der Waals surface area (Å²) in [5.41, 5.74) is 0.602. The van der Waals surface area contributed by atoms with E-state index in [9.17, 15) is 9.90 Å². The molecular formula is C14H14Cl2N2O4. The van der Waals surface area contributed by atoms with Gasteiger partial charge in [0.2, 0.25) is 5.76 Å². The normalized spacial score (nSPS) is 12.0. The number of benzene rings is 1. The highest BCUT2D eigenvalue weighted by Crippen LogP contribution is 2.31. The molecule has 6 nitrogen and oxygen atoms in total. The number of ether oxygens (including phenoxy) is 1. The van der Waals surface area contributed by atoms with Crippen LogP contribution >= 0.6 is 23.2 Å². The number of carbonyl (C=O) groups is 1. The van der Waals surface area contributed by atoms with Crippen molar-refractivity contribution in [2.45, 2.75) is 13.0 Å². The topological polar surface area (TPSA) is 84.6 Å². The number of hydrogen-bond acceptors (Lipinski definition) is 5. The number of aliphatic hydroxyl groups is 1. The second-order valence-electron chi connectivity index (χ2n) is 4.56. The molecule has 118 valence electrons. The van der Waals surface area contributed by atoms with Crippen LogP contribution in [0, 0.1) is 6.92 Å². The molecular weight excluding hydrogens is 331 g/mol. The summed E-state index contributed by atoms with van der Waals surface area (Å²) in [6, 6.07) is 6.46. The second kappa shape index (κ2) is 7.49. The molecule has 0 saturated carbocycles. The molecule has 1 atom stereocenters. The zero-order chi connectivity index (χ0) is 16.1. The van der Waals surface area contributed by atoms with E-state index in [1.165, 1.54) is 6.07 Å². The number of carbonyl (C=O) groups excluding carboxylic acids is 1. The first-order chi connectivity index (χ1) is 10.5. The average molecular weight is 345 g/mol. The van der Waals surface area contributed by atoms with Crippen LogP contribution in [0.25, 0.3) is 0 Å². The average Bonchev–Trinajstić information content (AvgIpc) is 2.93. The number of amides is 1. The molecule has 2 aromatic rings. The SMILES string of the molecule is Cc1cc(C(=O)NCC(O)COc2cccc(Cl)c2Cl)on1. The molecule has 2 rings (SSSR count). The molecule has 22 heavy (non-hydrogen) atoms. The van der Waals surface area contributed by atoms with Gasteiger partial charge in [0.1, 0.15) is 23.5 Å². The molecule has 1 unspecified atom stereocenters. The lowest BCUT2D eigenvalue weighted by atomic mass is 10.3. The number of aromatic nitrogens is 1. The zero-order valence-corrected chi connectivity index (χ0v) is 13.2. The molecule has 0 aliphatic rings. The maximum atomic E-state index is 11.7. The van der Waals surface area contributed by atoms with Gasteiger partial charge in [-0.15, -0.1) is 0 Å². The fraction of sp³-hybridized carbons (Fsp3) is 0.286. The molecule has 1 amide bonds. The van der Waals surface area contributed by atoms with E-state index in [4.69, 9.17) is 32.5 Å². The fourth-order valence-electron chi connectivity index (χ4n) is 1.61. The standard InChI is InChI=1S/C14H14Cl2N2O4/c1-8-5-12(22-18-8)14(20)17-6-9(19)7-21-11-4-2-3-10(15)13(11)16/h2-5,9,19H,6-7H2,1H3,(H,17,20). The first-order valence-corrected chi connectivity index (χ1v) is 7.19. The number of rotatable bonds is 6. The maximum absolute atomic E-state index is 11.7. The van der Waals surface area contributed by atoms with E-state index in [1.54, 1.807) is 25.1 Å². The molecule has 0 spiro atoms. The van der Waals surface area contributed by atoms with Crippen molar-refractivity contribution in [1.82, 2.24) is 10.5 Å². The van der Waals surface area contributed by atoms with Gasteiger partial charge in [0.15, 0.2) is 0 Å². The number of aryl methyl sites for hydroxylation is 1. The molecule has 1 aromatic heterocycles. The third kappa shape index (κ3) is 4.37.